The van der Waals surface area contributed by atoms with Crippen LogP contribution in [0.25, 0.3) is 0 Å². The zero-order valence-electron chi connectivity index (χ0n) is 8.82. The Balaban J connectivity index is 1.94. The molecule has 1 aliphatic rings. The normalized spacial score (nSPS) is 27.8. The van der Waals surface area contributed by atoms with Gasteiger partial charge in [0.25, 0.3) is 0 Å². The lowest BCUT2D eigenvalue weighted by molar-refractivity contribution is 0.263. The highest BCUT2D eigenvalue weighted by Gasteiger charge is 2.21. The lowest BCUT2D eigenvalue weighted by Gasteiger charge is -2.29. The van der Waals surface area contributed by atoms with Gasteiger partial charge in [-0.15, -0.1) is 0 Å². The van der Waals surface area contributed by atoms with Gasteiger partial charge in [-0.2, -0.15) is 0 Å². The van der Waals surface area contributed by atoms with Crippen molar-refractivity contribution in [1.82, 2.24) is 14.9 Å². The van der Waals surface area contributed by atoms with Gasteiger partial charge < -0.3 is 9.88 Å². The van der Waals surface area contributed by atoms with Crippen molar-refractivity contribution in [2.24, 2.45) is 5.92 Å². The number of rotatable bonds is 3. The second kappa shape index (κ2) is 4.60. The first-order valence-corrected chi connectivity index (χ1v) is 5.52. The zero-order valence-corrected chi connectivity index (χ0v) is 8.82. The topological polar surface area (TPSA) is 29.9 Å². The fourth-order valence-electron chi connectivity index (χ4n) is 2.49. The van der Waals surface area contributed by atoms with Crippen molar-refractivity contribution in [2.45, 2.75) is 31.7 Å². The van der Waals surface area contributed by atoms with Crippen LogP contribution >= 0.6 is 0 Å². The van der Waals surface area contributed by atoms with Crippen LogP contribution in [0.4, 0.5) is 0 Å². The maximum Gasteiger partial charge on any atom is 0.0948 e. The van der Waals surface area contributed by atoms with E-state index in [1.807, 2.05) is 19.6 Å². The third-order valence-electron chi connectivity index (χ3n) is 3.19. The van der Waals surface area contributed by atoms with Gasteiger partial charge in [-0.3, -0.25) is 0 Å². The molecular weight excluding hydrogens is 174 g/mol. The van der Waals surface area contributed by atoms with Gasteiger partial charge in [-0.25, -0.2) is 4.98 Å². The minimum absolute atomic E-state index is 0.685. The van der Waals surface area contributed by atoms with Crippen molar-refractivity contribution in [3.63, 3.8) is 0 Å². The first-order chi connectivity index (χ1) is 6.90. The molecule has 1 aromatic rings. The smallest absolute Gasteiger partial charge is 0.0948 e. The van der Waals surface area contributed by atoms with E-state index in [4.69, 9.17) is 0 Å². The molecule has 1 heterocycles. The Morgan fingerprint density at radius 3 is 3.14 bits per heavy atom. The van der Waals surface area contributed by atoms with E-state index in [1.54, 1.807) is 0 Å². The molecule has 0 spiro atoms. The van der Waals surface area contributed by atoms with E-state index in [-0.39, 0.29) is 0 Å². The van der Waals surface area contributed by atoms with E-state index in [0.29, 0.717) is 6.04 Å². The molecule has 1 aromatic heterocycles. The van der Waals surface area contributed by atoms with Gasteiger partial charge in [-0.05, 0) is 38.8 Å². The predicted molar refractivity (Wildman–Crippen MR) is 57.1 cm³/mol. The van der Waals surface area contributed by atoms with Crippen LogP contribution in [0, 0.1) is 5.92 Å². The van der Waals surface area contributed by atoms with Gasteiger partial charge in [0, 0.05) is 18.4 Å². The monoisotopic (exact) mass is 193 g/mol. The standard InChI is InChI=1S/C11H19N3/c1-12-8-10-3-2-4-11(7-10)14-6-5-13-9-14/h5-6,9-12H,2-4,7-8H2,1H3. The van der Waals surface area contributed by atoms with Gasteiger partial charge in [0.1, 0.15) is 0 Å². The number of nitrogens with one attached hydrogen (secondary N) is 1. The molecule has 0 amide bonds. The lowest BCUT2D eigenvalue weighted by atomic mass is 9.85. The summed E-state index contributed by atoms with van der Waals surface area (Å²) < 4.78 is 2.27. The Kier molecular flexibility index (Phi) is 3.19. The first-order valence-electron chi connectivity index (χ1n) is 5.52. The summed E-state index contributed by atoms with van der Waals surface area (Å²) in [5.74, 6) is 0.848. The summed E-state index contributed by atoms with van der Waals surface area (Å²) in [7, 11) is 2.04. The Morgan fingerprint density at radius 1 is 1.50 bits per heavy atom. The van der Waals surface area contributed by atoms with Gasteiger partial charge in [0.05, 0.1) is 6.33 Å². The Labute approximate surface area is 85.5 Å². The number of aromatic nitrogens is 2. The van der Waals surface area contributed by atoms with Crippen LogP contribution in [-0.2, 0) is 0 Å². The van der Waals surface area contributed by atoms with Gasteiger partial charge in [0.15, 0.2) is 0 Å². The zero-order chi connectivity index (χ0) is 9.80. The average Bonchev–Trinajstić information content (AvgIpc) is 2.71. The molecule has 1 fully saturated rings. The summed E-state index contributed by atoms with van der Waals surface area (Å²) in [6.07, 6.45) is 11.3. The molecule has 14 heavy (non-hydrogen) atoms. The molecule has 3 nitrogen and oxygen atoms in total. The summed E-state index contributed by atoms with van der Waals surface area (Å²) in [4.78, 5) is 4.12. The average molecular weight is 193 g/mol. The summed E-state index contributed by atoms with van der Waals surface area (Å²) in [6.45, 7) is 1.16. The highest BCUT2D eigenvalue weighted by molar-refractivity contribution is 4.84. The maximum atomic E-state index is 4.12. The largest absolute Gasteiger partial charge is 0.334 e. The molecule has 1 saturated carbocycles. The van der Waals surface area contributed by atoms with E-state index >= 15 is 0 Å². The van der Waals surface area contributed by atoms with Crippen LogP contribution in [0.15, 0.2) is 18.7 Å². The fourth-order valence-corrected chi connectivity index (χ4v) is 2.49. The van der Waals surface area contributed by atoms with Gasteiger partial charge in [0.2, 0.25) is 0 Å². The number of hydrogen-bond donors (Lipinski definition) is 1. The highest BCUT2D eigenvalue weighted by Crippen LogP contribution is 2.31. The molecule has 0 radical (unpaired) electrons. The fraction of sp³-hybridized carbons (Fsp3) is 0.727. The second-order valence-electron chi connectivity index (χ2n) is 4.25. The molecule has 2 rings (SSSR count). The lowest BCUT2D eigenvalue weighted by Crippen LogP contribution is -2.26. The molecule has 0 aliphatic heterocycles. The van der Waals surface area contributed by atoms with Crippen LogP contribution in [0.3, 0.4) is 0 Å². The first kappa shape index (κ1) is 9.71. The minimum Gasteiger partial charge on any atom is -0.334 e. The molecule has 78 valence electrons. The van der Waals surface area contributed by atoms with Gasteiger partial charge >= 0.3 is 0 Å². The molecule has 1 N–H and O–H groups in total. The maximum absolute atomic E-state index is 4.12. The summed E-state index contributed by atoms with van der Waals surface area (Å²) in [6, 6.07) is 0.685. The quantitative estimate of drug-likeness (QED) is 0.793. The van der Waals surface area contributed by atoms with Crippen LogP contribution in [0.5, 0.6) is 0 Å². The van der Waals surface area contributed by atoms with Crippen LogP contribution in [-0.4, -0.2) is 23.1 Å². The van der Waals surface area contributed by atoms with Crippen LogP contribution in [0.2, 0.25) is 0 Å². The van der Waals surface area contributed by atoms with Crippen molar-refractivity contribution in [2.75, 3.05) is 13.6 Å². The van der Waals surface area contributed by atoms with Crippen molar-refractivity contribution < 1.29 is 0 Å². The van der Waals surface area contributed by atoms with E-state index in [2.05, 4.69) is 21.1 Å². The summed E-state index contributed by atoms with van der Waals surface area (Å²) in [5.41, 5.74) is 0. The van der Waals surface area contributed by atoms with E-state index in [1.165, 1.54) is 25.7 Å². The Hall–Kier alpha value is -0.830. The molecule has 0 saturated heterocycles. The van der Waals surface area contributed by atoms with Gasteiger partial charge in [-0.1, -0.05) is 6.42 Å². The van der Waals surface area contributed by atoms with E-state index in [0.717, 1.165) is 12.5 Å². The van der Waals surface area contributed by atoms with E-state index in [9.17, 15) is 0 Å². The molecular formula is C11H19N3. The molecule has 0 aromatic carbocycles. The van der Waals surface area contributed by atoms with Crippen LogP contribution in [0.1, 0.15) is 31.7 Å². The van der Waals surface area contributed by atoms with Crippen molar-refractivity contribution >= 4 is 0 Å². The Bertz CT molecular complexity index is 254. The second-order valence-corrected chi connectivity index (χ2v) is 4.25. The molecule has 3 heteroatoms. The third kappa shape index (κ3) is 2.15. The Morgan fingerprint density at radius 2 is 2.43 bits per heavy atom. The predicted octanol–water partition coefficient (Wildman–Crippen LogP) is 1.83. The minimum atomic E-state index is 0.685. The molecule has 2 atom stereocenters. The molecule has 0 bridgehead atoms. The third-order valence-corrected chi connectivity index (χ3v) is 3.19. The highest BCUT2D eigenvalue weighted by atomic mass is 15.1. The molecule has 2 unspecified atom stereocenters. The van der Waals surface area contributed by atoms with Crippen LogP contribution < -0.4 is 5.32 Å². The molecule has 1 aliphatic carbocycles. The van der Waals surface area contributed by atoms with E-state index < -0.39 is 0 Å². The number of imidazole rings is 1. The van der Waals surface area contributed by atoms with Crippen molar-refractivity contribution in [3.05, 3.63) is 18.7 Å². The SMILES string of the molecule is CNCC1CCCC(n2ccnc2)C1. The van der Waals surface area contributed by atoms with Crippen molar-refractivity contribution in [3.8, 4) is 0 Å². The number of hydrogen-bond acceptors (Lipinski definition) is 2. The van der Waals surface area contributed by atoms with Crippen molar-refractivity contribution in [1.29, 1.82) is 0 Å². The summed E-state index contributed by atoms with van der Waals surface area (Å²) in [5, 5.41) is 3.28. The number of nitrogens with zero attached hydrogens (tertiary/aromatic N) is 2. The summed E-state index contributed by atoms with van der Waals surface area (Å²) >= 11 is 0.